The summed E-state index contributed by atoms with van der Waals surface area (Å²) in [4.78, 5) is 23.4. The minimum Gasteiger partial charge on any atom is -0.497 e. The average molecular weight is 425 g/mol. The number of carbonyl (C=O) groups is 1. The average Bonchev–Trinajstić information content (AvgIpc) is 3.18. The van der Waals surface area contributed by atoms with Crippen LogP contribution in [0.2, 0.25) is 0 Å². The van der Waals surface area contributed by atoms with Crippen molar-refractivity contribution in [2.75, 3.05) is 31.9 Å². The number of nitrogens with one attached hydrogen (secondary N) is 2. The molecule has 1 atom stereocenters. The number of amidine groups is 1. The first-order chi connectivity index (χ1) is 13.6. The number of benzene rings is 1. The van der Waals surface area contributed by atoms with Gasteiger partial charge in [-0.3, -0.25) is 4.98 Å². The van der Waals surface area contributed by atoms with Crippen molar-refractivity contribution in [3.8, 4) is 11.5 Å². The fourth-order valence-electron chi connectivity index (χ4n) is 2.87. The van der Waals surface area contributed by atoms with Crippen LogP contribution in [-0.4, -0.2) is 48.7 Å². The third-order valence-corrected chi connectivity index (χ3v) is 5.24. The molecular weight excluding hydrogens is 404 g/mol. The van der Waals surface area contributed by atoms with Crippen LogP contribution in [0.3, 0.4) is 0 Å². The molecule has 0 spiro atoms. The first-order valence-electron chi connectivity index (χ1n) is 8.62. The molecule has 3 rings (SSSR count). The molecule has 1 unspecified atom stereocenters. The highest BCUT2D eigenvalue weighted by atomic mass is 35.5. The molecule has 0 aliphatic carbocycles. The van der Waals surface area contributed by atoms with Gasteiger partial charge in [0.15, 0.2) is 11.2 Å². The molecule has 10 heteroatoms. The summed E-state index contributed by atoms with van der Waals surface area (Å²) in [6, 6.07) is 3.18. The first kappa shape index (κ1) is 20.5. The Kier molecular flexibility index (Phi) is 6.82. The Hall–Kier alpha value is -2.23. The third-order valence-electron chi connectivity index (χ3n) is 4.15. The number of nitrogens with zero attached hydrogens (tertiary/aromatic N) is 2. The van der Waals surface area contributed by atoms with E-state index in [-0.39, 0.29) is 5.97 Å². The van der Waals surface area contributed by atoms with Crippen molar-refractivity contribution in [2.24, 2.45) is 4.99 Å². The Morgan fingerprint density at radius 3 is 2.86 bits per heavy atom. The molecule has 1 aliphatic heterocycles. The number of thioether (sulfide) groups is 1. The number of carbonyl (C=O) groups excluding carboxylic acids is 1. The van der Waals surface area contributed by atoms with Gasteiger partial charge in [0.25, 0.3) is 0 Å². The van der Waals surface area contributed by atoms with Gasteiger partial charge in [0.2, 0.25) is 0 Å². The van der Waals surface area contributed by atoms with Gasteiger partial charge in [-0.2, -0.15) is 0 Å². The van der Waals surface area contributed by atoms with E-state index in [9.17, 15) is 4.79 Å². The highest BCUT2D eigenvalue weighted by molar-refractivity contribution is 8.14. The molecule has 28 heavy (non-hydrogen) atoms. The lowest BCUT2D eigenvalue weighted by Crippen LogP contribution is -2.21. The van der Waals surface area contributed by atoms with Gasteiger partial charge >= 0.3 is 5.97 Å². The van der Waals surface area contributed by atoms with Crippen molar-refractivity contribution in [2.45, 2.75) is 19.5 Å². The maximum Gasteiger partial charge on any atom is 0.331 e. The molecule has 0 bridgehead atoms. The number of halogens is 1. The third kappa shape index (κ3) is 4.26. The van der Waals surface area contributed by atoms with Gasteiger partial charge in [-0.25, -0.2) is 14.6 Å². The SMILES string of the molecule is CCOC(=O)C1CSC(Nc2cnc(CNCl)c3c(OC)cc(OC)cc23)=N1. The molecule has 0 saturated heterocycles. The molecule has 2 aromatic rings. The molecule has 8 nitrogen and oxygen atoms in total. The molecule has 2 N–H and O–H groups in total. The quantitative estimate of drug-likeness (QED) is 0.517. The molecule has 150 valence electrons. The van der Waals surface area contributed by atoms with Gasteiger partial charge in [-0.15, -0.1) is 0 Å². The summed E-state index contributed by atoms with van der Waals surface area (Å²) >= 11 is 7.16. The fraction of sp³-hybridized carbons (Fsp3) is 0.389. The number of pyridine rings is 1. The van der Waals surface area contributed by atoms with E-state index in [0.29, 0.717) is 35.6 Å². The summed E-state index contributed by atoms with van der Waals surface area (Å²) in [5.41, 5.74) is 1.46. The molecular formula is C18H21ClN4O4S. The maximum absolute atomic E-state index is 11.9. The molecule has 1 aromatic heterocycles. The van der Waals surface area contributed by atoms with Crippen LogP contribution in [0.4, 0.5) is 5.69 Å². The van der Waals surface area contributed by atoms with Crippen LogP contribution in [0.15, 0.2) is 23.3 Å². The predicted molar refractivity (Wildman–Crippen MR) is 111 cm³/mol. The summed E-state index contributed by atoms with van der Waals surface area (Å²) in [7, 11) is 3.18. The summed E-state index contributed by atoms with van der Waals surface area (Å²) in [6.45, 7) is 2.48. The molecule has 0 saturated carbocycles. The summed E-state index contributed by atoms with van der Waals surface area (Å²) in [6.07, 6.45) is 1.70. The molecule has 2 heterocycles. The maximum atomic E-state index is 11.9. The summed E-state index contributed by atoms with van der Waals surface area (Å²) < 4.78 is 16.0. The number of ether oxygens (including phenoxy) is 3. The molecule has 0 amide bonds. The van der Waals surface area contributed by atoms with Gasteiger partial charge in [-0.05, 0) is 24.8 Å². The molecule has 0 radical (unpaired) electrons. The van der Waals surface area contributed by atoms with Crippen LogP contribution in [0.25, 0.3) is 10.8 Å². The van der Waals surface area contributed by atoms with Crippen LogP contribution in [-0.2, 0) is 16.1 Å². The standard InChI is InChI=1S/C18H21ClN4O4S/c1-4-27-17(24)14-9-28-18(23-14)22-12-7-20-13(8-21-19)16-11(12)5-10(25-2)6-15(16)26-3/h5-7,14,21H,4,8-9H2,1-3H3,(H,22,23). The number of methoxy groups -OCH3 is 2. The van der Waals surface area contributed by atoms with Gasteiger partial charge in [0, 0.05) is 22.6 Å². The Balaban J connectivity index is 2.01. The van der Waals surface area contributed by atoms with E-state index in [1.165, 1.54) is 11.8 Å². The van der Waals surface area contributed by atoms with Crippen molar-refractivity contribution < 1.29 is 19.0 Å². The van der Waals surface area contributed by atoms with Gasteiger partial charge in [0.05, 0.1) is 44.9 Å². The monoisotopic (exact) mass is 424 g/mol. The zero-order valence-corrected chi connectivity index (χ0v) is 17.3. The number of esters is 1. The van der Waals surface area contributed by atoms with E-state index >= 15 is 0 Å². The molecule has 1 aromatic carbocycles. The van der Waals surface area contributed by atoms with Crippen molar-refractivity contribution in [1.82, 2.24) is 9.82 Å². The van der Waals surface area contributed by atoms with Gasteiger partial charge in [-0.1, -0.05) is 11.8 Å². The summed E-state index contributed by atoms with van der Waals surface area (Å²) in [5.74, 6) is 1.49. The van der Waals surface area contributed by atoms with E-state index in [2.05, 4.69) is 20.1 Å². The second-order valence-electron chi connectivity index (χ2n) is 5.82. The minimum absolute atomic E-state index is 0.318. The number of anilines is 1. The van der Waals surface area contributed by atoms with Gasteiger partial charge < -0.3 is 19.5 Å². The largest absolute Gasteiger partial charge is 0.497 e. The number of hydrogen-bond acceptors (Lipinski definition) is 9. The van der Waals surface area contributed by atoms with Crippen LogP contribution >= 0.6 is 23.5 Å². The first-order valence-corrected chi connectivity index (χ1v) is 9.99. The van der Waals surface area contributed by atoms with Crippen molar-refractivity contribution in [3.05, 3.63) is 24.0 Å². The highest BCUT2D eigenvalue weighted by Gasteiger charge is 2.27. The predicted octanol–water partition coefficient (Wildman–Crippen LogP) is 2.94. The number of aliphatic imine (C=N–C) groups is 1. The van der Waals surface area contributed by atoms with Crippen LogP contribution in [0, 0.1) is 0 Å². The Bertz CT molecular complexity index is 909. The number of hydrogen-bond donors (Lipinski definition) is 2. The lowest BCUT2D eigenvalue weighted by molar-refractivity contribution is -0.143. The smallest absolute Gasteiger partial charge is 0.331 e. The zero-order valence-electron chi connectivity index (χ0n) is 15.7. The number of fused-ring (bicyclic) bond motifs is 1. The zero-order chi connectivity index (χ0) is 20.1. The van der Waals surface area contributed by atoms with E-state index in [0.717, 1.165) is 22.2 Å². The Morgan fingerprint density at radius 1 is 1.36 bits per heavy atom. The summed E-state index contributed by atoms with van der Waals surface area (Å²) in [5, 5.41) is 5.55. The lowest BCUT2D eigenvalue weighted by Gasteiger charge is -2.15. The fourth-order valence-corrected chi connectivity index (χ4v) is 3.91. The number of aromatic nitrogens is 1. The van der Waals surface area contributed by atoms with Crippen LogP contribution < -0.4 is 19.6 Å². The van der Waals surface area contributed by atoms with Crippen LogP contribution in [0.5, 0.6) is 11.5 Å². The Labute approximate surface area is 172 Å². The lowest BCUT2D eigenvalue weighted by atomic mass is 10.1. The van der Waals surface area contributed by atoms with Gasteiger partial charge in [0.1, 0.15) is 11.5 Å². The van der Waals surface area contributed by atoms with Crippen molar-refractivity contribution in [3.63, 3.8) is 0 Å². The highest BCUT2D eigenvalue weighted by Crippen LogP contribution is 2.37. The topological polar surface area (TPSA) is 94.1 Å². The van der Waals surface area contributed by atoms with E-state index in [1.54, 1.807) is 33.4 Å². The van der Waals surface area contributed by atoms with Crippen molar-refractivity contribution >= 4 is 51.1 Å². The van der Waals surface area contributed by atoms with E-state index < -0.39 is 6.04 Å². The second kappa shape index (κ2) is 9.31. The molecule has 0 fully saturated rings. The molecule has 1 aliphatic rings. The van der Waals surface area contributed by atoms with E-state index in [1.807, 2.05) is 6.07 Å². The van der Waals surface area contributed by atoms with Crippen LogP contribution in [0.1, 0.15) is 12.6 Å². The normalized spacial score (nSPS) is 16.0. The van der Waals surface area contributed by atoms with E-state index in [4.69, 9.17) is 26.0 Å². The number of rotatable bonds is 7. The van der Waals surface area contributed by atoms with Crippen molar-refractivity contribution in [1.29, 1.82) is 0 Å². The minimum atomic E-state index is -0.504. The second-order valence-corrected chi connectivity index (χ2v) is 7.10. The Morgan fingerprint density at radius 2 is 2.18 bits per heavy atom.